The van der Waals surface area contributed by atoms with Crippen LogP contribution >= 0.6 is 11.3 Å². The Hall–Kier alpha value is -3.13. The average molecular weight is 458 g/mol. The summed E-state index contributed by atoms with van der Waals surface area (Å²) in [5, 5.41) is 12.1. The summed E-state index contributed by atoms with van der Waals surface area (Å²) >= 11 is 1.66. The second-order valence-corrected chi connectivity index (χ2v) is 8.56. The van der Waals surface area contributed by atoms with Crippen LogP contribution in [0.4, 0.5) is 0 Å². The van der Waals surface area contributed by atoms with Crippen molar-refractivity contribution in [3.8, 4) is 5.75 Å². The fourth-order valence-corrected chi connectivity index (χ4v) is 4.30. The number of benzene rings is 2. The zero-order chi connectivity index (χ0) is 22.8. The number of thiophene rings is 1. The van der Waals surface area contributed by atoms with E-state index in [1.165, 1.54) is 0 Å². The monoisotopic (exact) mass is 457 g/mol. The minimum atomic E-state index is -0.538. The zero-order valence-corrected chi connectivity index (χ0v) is 19.0. The fourth-order valence-electron chi connectivity index (χ4n) is 3.51. The summed E-state index contributed by atoms with van der Waals surface area (Å²) < 4.78 is 6.46. The van der Waals surface area contributed by atoms with Crippen LogP contribution in [-0.2, 0) is 9.63 Å². The normalized spacial score (nSPS) is 11.8. The molecule has 0 aliphatic carbocycles. The standard InChI is InChI=1S/C24H29N2O5S/c1-25(24(27)14-3-2-6-17-30-26(28)29)16-15-22(23-13-8-18-32-23)31-21-12-7-10-19-9-4-5-11-20(19)21/h4-5,7-13,18,22H,2-3,6,14-17H2,1H3,(H,28,29)/q+1. The third-order valence-electron chi connectivity index (χ3n) is 5.27. The fraction of sp³-hybridized carbons (Fsp3) is 0.375. The third kappa shape index (κ3) is 6.95. The molecule has 3 rings (SSSR count). The van der Waals surface area contributed by atoms with E-state index in [1.807, 2.05) is 42.8 Å². The molecule has 2 aromatic carbocycles. The summed E-state index contributed by atoms with van der Waals surface area (Å²) in [6.45, 7) is 0.725. The second kappa shape index (κ2) is 12.0. The van der Waals surface area contributed by atoms with Crippen LogP contribution in [0.25, 0.3) is 10.8 Å². The van der Waals surface area contributed by atoms with Gasteiger partial charge in [-0.15, -0.1) is 11.3 Å². The van der Waals surface area contributed by atoms with Crippen LogP contribution in [0.3, 0.4) is 0 Å². The molecule has 1 aromatic heterocycles. The minimum absolute atomic E-state index is 0.0774. The van der Waals surface area contributed by atoms with Crippen molar-refractivity contribution < 1.29 is 24.7 Å². The summed E-state index contributed by atoms with van der Waals surface area (Å²) in [5.41, 5.74) is 0. The van der Waals surface area contributed by atoms with Crippen LogP contribution < -0.4 is 4.74 Å². The molecule has 0 radical (unpaired) electrons. The number of carbonyl (C=O) groups is 1. The highest BCUT2D eigenvalue weighted by Gasteiger charge is 2.18. The zero-order valence-electron chi connectivity index (χ0n) is 18.2. The van der Waals surface area contributed by atoms with Crippen LogP contribution in [0.5, 0.6) is 5.75 Å². The Kier molecular flexibility index (Phi) is 8.86. The van der Waals surface area contributed by atoms with Gasteiger partial charge >= 0.3 is 5.09 Å². The smallest absolute Gasteiger partial charge is 0.475 e. The van der Waals surface area contributed by atoms with Crippen molar-refractivity contribution in [3.63, 3.8) is 0 Å². The molecule has 0 aliphatic rings. The number of rotatable bonds is 13. The van der Waals surface area contributed by atoms with E-state index in [0.29, 0.717) is 32.2 Å². The van der Waals surface area contributed by atoms with Gasteiger partial charge in [0.2, 0.25) is 5.91 Å². The molecule has 0 bridgehead atoms. The summed E-state index contributed by atoms with van der Waals surface area (Å²) in [4.78, 5) is 30.0. The van der Waals surface area contributed by atoms with Crippen molar-refractivity contribution in [1.82, 2.24) is 4.90 Å². The van der Waals surface area contributed by atoms with Gasteiger partial charge in [-0.2, -0.15) is 4.84 Å². The van der Waals surface area contributed by atoms with Gasteiger partial charge in [0.15, 0.2) is 6.61 Å². The highest BCUT2D eigenvalue weighted by molar-refractivity contribution is 7.10. The summed E-state index contributed by atoms with van der Waals surface area (Å²) in [6, 6.07) is 18.3. The molecule has 0 saturated heterocycles. The van der Waals surface area contributed by atoms with Crippen molar-refractivity contribution in [1.29, 1.82) is 0 Å². The van der Waals surface area contributed by atoms with Gasteiger partial charge in [0.25, 0.3) is 0 Å². The van der Waals surface area contributed by atoms with Crippen LogP contribution in [0.15, 0.2) is 60.0 Å². The van der Waals surface area contributed by atoms with Crippen LogP contribution in [0.1, 0.15) is 43.1 Å². The molecule has 170 valence electrons. The Labute approximate surface area is 191 Å². The van der Waals surface area contributed by atoms with Crippen molar-refractivity contribution in [2.24, 2.45) is 0 Å². The van der Waals surface area contributed by atoms with Gasteiger partial charge in [-0.25, -0.2) is 5.21 Å². The molecule has 3 aromatic rings. The molecule has 0 saturated carbocycles. The van der Waals surface area contributed by atoms with Crippen molar-refractivity contribution in [2.45, 2.75) is 38.2 Å². The number of nitrogens with zero attached hydrogens (tertiary/aromatic N) is 2. The minimum Gasteiger partial charge on any atom is -0.484 e. The number of unbranched alkanes of at least 4 members (excludes halogenated alkanes) is 2. The lowest BCUT2D eigenvalue weighted by Gasteiger charge is -2.23. The maximum Gasteiger partial charge on any atom is 0.475 e. The predicted molar refractivity (Wildman–Crippen MR) is 124 cm³/mol. The molecule has 1 unspecified atom stereocenters. The quantitative estimate of drug-likeness (QED) is 0.270. The molecule has 0 aliphatic heterocycles. The average Bonchev–Trinajstić information content (AvgIpc) is 3.33. The Morgan fingerprint density at radius 3 is 2.69 bits per heavy atom. The van der Waals surface area contributed by atoms with Gasteiger partial charge in [-0.3, -0.25) is 4.79 Å². The molecule has 0 fully saturated rings. The largest absolute Gasteiger partial charge is 0.484 e. The van der Waals surface area contributed by atoms with E-state index >= 15 is 0 Å². The summed E-state index contributed by atoms with van der Waals surface area (Å²) in [7, 11) is 1.82. The summed E-state index contributed by atoms with van der Waals surface area (Å²) in [5.74, 6) is 0.922. The van der Waals surface area contributed by atoms with Gasteiger partial charge in [0.05, 0.1) is 0 Å². The van der Waals surface area contributed by atoms with Crippen molar-refractivity contribution in [3.05, 3.63) is 69.8 Å². The van der Waals surface area contributed by atoms with Crippen LogP contribution in [0, 0.1) is 4.91 Å². The lowest BCUT2D eigenvalue weighted by Crippen LogP contribution is -2.29. The molecule has 32 heavy (non-hydrogen) atoms. The van der Waals surface area contributed by atoms with E-state index in [2.05, 4.69) is 29.1 Å². The number of hydrogen-bond acceptors (Lipinski definition) is 5. The van der Waals surface area contributed by atoms with E-state index in [-0.39, 0.29) is 18.6 Å². The maximum atomic E-state index is 12.5. The lowest BCUT2D eigenvalue weighted by atomic mass is 10.1. The Balaban J connectivity index is 1.54. The number of carbonyl (C=O) groups excluding carboxylic acids is 1. The number of ether oxygens (including phenoxy) is 1. The van der Waals surface area contributed by atoms with Crippen LogP contribution in [-0.4, -0.2) is 41.3 Å². The van der Waals surface area contributed by atoms with E-state index < -0.39 is 5.09 Å². The molecule has 7 nitrogen and oxygen atoms in total. The first-order valence-electron chi connectivity index (χ1n) is 10.8. The maximum absolute atomic E-state index is 12.5. The van der Waals surface area contributed by atoms with Crippen LogP contribution in [0.2, 0.25) is 0 Å². The van der Waals surface area contributed by atoms with Gasteiger partial charge in [-0.1, -0.05) is 42.5 Å². The Morgan fingerprint density at radius 1 is 1.09 bits per heavy atom. The van der Waals surface area contributed by atoms with Crippen molar-refractivity contribution >= 4 is 28.0 Å². The van der Waals surface area contributed by atoms with E-state index in [0.717, 1.165) is 27.8 Å². The molecular weight excluding hydrogens is 428 g/mol. The second-order valence-electron chi connectivity index (χ2n) is 7.58. The van der Waals surface area contributed by atoms with E-state index in [4.69, 9.17) is 9.94 Å². The SMILES string of the molecule is CN(CCC(Oc1cccc2ccccc12)c1cccs1)C(=O)CCCCCO[N+](=O)O. The first-order valence-corrected chi connectivity index (χ1v) is 11.6. The third-order valence-corrected chi connectivity index (χ3v) is 6.23. The van der Waals surface area contributed by atoms with E-state index in [1.54, 1.807) is 16.2 Å². The lowest BCUT2D eigenvalue weighted by molar-refractivity contribution is -0.975. The van der Waals surface area contributed by atoms with Gasteiger partial charge in [0.1, 0.15) is 16.8 Å². The highest BCUT2D eigenvalue weighted by atomic mass is 32.1. The predicted octanol–water partition coefficient (Wildman–Crippen LogP) is 5.53. The van der Waals surface area contributed by atoms with Gasteiger partial charge < -0.3 is 9.64 Å². The molecule has 1 heterocycles. The van der Waals surface area contributed by atoms with E-state index in [9.17, 15) is 9.70 Å². The van der Waals surface area contributed by atoms with Gasteiger partial charge in [-0.05, 0) is 42.2 Å². The Bertz CT molecular complexity index is 1000. The molecule has 8 heteroatoms. The molecule has 0 spiro atoms. The first kappa shape index (κ1) is 23.5. The number of amides is 1. The highest BCUT2D eigenvalue weighted by Crippen LogP contribution is 2.32. The number of fused-ring (bicyclic) bond motifs is 1. The van der Waals surface area contributed by atoms with Crippen molar-refractivity contribution in [2.75, 3.05) is 20.2 Å². The molecule has 1 amide bonds. The topological polar surface area (TPSA) is 79.1 Å². The van der Waals surface area contributed by atoms with Gasteiger partial charge in [0, 0.05) is 36.7 Å². The molecular formula is C24H29N2O5S+. The molecule has 1 N–H and O–H groups in total. The molecule has 1 atom stereocenters. The first-order chi connectivity index (χ1) is 15.5. The summed E-state index contributed by atoms with van der Waals surface area (Å²) in [6.07, 6.45) is 3.05. The Morgan fingerprint density at radius 2 is 1.91 bits per heavy atom. The number of hydrogen-bond donors (Lipinski definition) is 1.